The van der Waals surface area contributed by atoms with Crippen molar-refractivity contribution in [3.8, 4) is 0 Å². The summed E-state index contributed by atoms with van der Waals surface area (Å²) in [6, 6.07) is 3.23. The summed E-state index contributed by atoms with van der Waals surface area (Å²) in [5.74, 6) is -2.75. The zero-order chi connectivity index (χ0) is 25.9. The second kappa shape index (κ2) is 19.4. The van der Waals surface area contributed by atoms with Gasteiger partial charge in [-0.05, 0) is 57.0 Å². The van der Waals surface area contributed by atoms with E-state index in [1.165, 1.54) is 0 Å². The second-order valence-corrected chi connectivity index (χ2v) is 12.5. The van der Waals surface area contributed by atoms with Gasteiger partial charge >= 0.3 is 0 Å². The van der Waals surface area contributed by atoms with Gasteiger partial charge in [0.2, 0.25) is 0 Å². The molecule has 0 aliphatic rings. The molecule has 0 unspecified atom stereocenters. The molecule has 0 amide bonds. The molecular formula is C21H51NO9Si3. The Balaban J connectivity index is 4.40. The Morgan fingerprint density at radius 3 is 0.912 bits per heavy atom. The van der Waals surface area contributed by atoms with Crippen molar-refractivity contribution in [3.05, 3.63) is 0 Å². The molecule has 0 heterocycles. The topological polar surface area (TPSA) is 86.3 Å². The summed E-state index contributed by atoms with van der Waals surface area (Å²) in [7, 11) is 7.46. The molecule has 0 aromatic heterocycles. The van der Waals surface area contributed by atoms with Crippen LogP contribution in [0.4, 0.5) is 0 Å². The van der Waals surface area contributed by atoms with Gasteiger partial charge in [-0.3, -0.25) is 0 Å². The Morgan fingerprint density at radius 1 is 0.471 bits per heavy atom. The molecule has 0 rings (SSSR count). The van der Waals surface area contributed by atoms with Crippen LogP contribution in [-0.4, -0.2) is 114 Å². The van der Waals surface area contributed by atoms with Crippen LogP contribution in [0.3, 0.4) is 0 Å². The molecule has 0 aliphatic heterocycles. The molecule has 13 heteroatoms. The number of hydrogen-bond acceptors (Lipinski definition) is 10. The molecule has 0 atom stereocenters. The molecule has 34 heavy (non-hydrogen) atoms. The van der Waals surface area contributed by atoms with E-state index >= 15 is 0 Å². The Kier molecular flexibility index (Phi) is 19.5. The van der Waals surface area contributed by atoms with E-state index in [1.807, 2.05) is 0 Å². The SMILES string of the molecule is COC(C)(OC)O[SiH2]CCCN(CCC[SiH2]OC(C)(OC)OC)CCC[SiH2]OC(C)(OC)OC. The van der Waals surface area contributed by atoms with Gasteiger partial charge in [0.15, 0.2) is 29.3 Å². The monoisotopic (exact) mass is 545 g/mol. The highest BCUT2D eigenvalue weighted by Gasteiger charge is 2.24. The standard InChI is InChI=1S/C21H51NO9Si3/c1-19(23-4,24-5)29-32-16-10-13-22(14-11-17-33-30-20(2,25-6)26-7)15-12-18-34-31-21(3,27-8)28-9/h10-18,32-34H2,1-9H3. The normalized spacial score (nSPS) is 14.3. The van der Waals surface area contributed by atoms with Crippen LogP contribution < -0.4 is 0 Å². The Labute approximate surface area is 214 Å². The minimum absolute atomic E-state index is 0.714. The molecule has 0 saturated carbocycles. The van der Waals surface area contributed by atoms with Crippen LogP contribution in [0.15, 0.2) is 0 Å². The first-order valence-corrected chi connectivity index (χ1v) is 16.8. The van der Waals surface area contributed by atoms with Crippen LogP contribution in [0.2, 0.25) is 18.1 Å². The smallest absolute Gasteiger partial charge is 0.269 e. The van der Waals surface area contributed by atoms with E-state index in [0.717, 1.165) is 57.0 Å². The summed E-state index contributed by atoms with van der Waals surface area (Å²) < 4.78 is 49.2. The molecule has 0 aromatic carbocycles. The van der Waals surface area contributed by atoms with Crippen molar-refractivity contribution < 1.29 is 41.7 Å². The third kappa shape index (κ3) is 15.4. The third-order valence-corrected chi connectivity index (χ3v) is 10.5. The van der Waals surface area contributed by atoms with Crippen LogP contribution in [-0.2, 0) is 41.7 Å². The number of methoxy groups -OCH3 is 6. The van der Waals surface area contributed by atoms with Crippen molar-refractivity contribution in [1.82, 2.24) is 4.90 Å². The number of rotatable bonds is 24. The highest BCUT2D eigenvalue weighted by atomic mass is 28.2. The maximum Gasteiger partial charge on any atom is 0.269 e. The first kappa shape index (κ1) is 34.3. The van der Waals surface area contributed by atoms with Crippen molar-refractivity contribution in [2.75, 3.05) is 62.3 Å². The summed E-state index contributed by atoms with van der Waals surface area (Å²) in [6.07, 6.45) is 3.32. The Hall–Kier alpha value is 0.251. The molecule has 0 saturated heterocycles. The molecule has 0 bridgehead atoms. The van der Waals surface area contributed by atoms with Gasteiger partial charge in [-0.25, -0.2) is 0 Å². The minimum atomic E-state index is -0.918. The fraction of sp³-hybridized carbons (Fsp3) is 1.00. The zero-order valence-electron chi connectivity index (χ0n) is 23.1. The van der Waals surface area contributed by atoms with Crippen LogP contribution >= 0.6 is 0 Å². The van der Waals surface area contributed by atoms with E-state index in [-0.39, 0.29) is 0 Å². The van der Waals surface area contributed by atoms with E-state index < -0.39 is 47.2 Å². The van der Waals surface area contributed by atoms with Gasteiger partial charge in [0.1, 0.15) is 0 Å². The van der Waals surface area contributed by atoms with Crippen LogP contribution in [0.1, 0.15) is 40.0 Å². The average molecular weight is 546 g/mol. The van der Waals surface area contributed by atoms with E-state index in [4.69, 9.17) is 41.7 Å². The zero-order valence-corrected chi connectivity index (χ0v) is 27.3. The van der Waals surface area contributed by atoms with Crippen molar-refractivity contribution in [3.63, 3.8) is 0 Å². The largest absolute Gasteiger partial charge is 0.376 e. The van der Waals surface area contributed by atoms with E-state index in [2.05, 4.69) is 4.90 Å². The van der Waals surface area contributed by atoms with Crippen LogP contribution in [0.5, 0.6) is 0 Å². The van der Waals surface area contributed by atoms with Gasteiger partial charge in [-0.1, -0.05) is 0 Å². The first-order valence-electron chi connectivity index (χ1n) is 12.1. The van der Waals surface area contributed by atoms with Gasteiger partial charge in [0.25, 0.3) is 17.9 Å². The number of ether oxygens (including phenoxy) is 6. The summed E-state index contributed by atoms with van der Waals surface area (Å²) >= 11 is 0. The lowest BCUT2D eigenvalue weighted by Crippen LogP contribution is -2.35. The average Bonchev–Trinajstić information content (AvgIpc) is 2.86. The predicted molar refractivity (Wildman–Crippen MR) is 141 cm³/mol. The highest BCUT2D eigenvalue weighted by Crippen LogP contribution is 2.14. The fourth-order valence-electron chi connectivity index (χ4n) is 3.02. The molecule has 0 aliphatic carbocycles. The summed E-state index contributed by atoms with van der Waals surface area (Å²) in [5, 5.41) is 0. The van der Waals surface area contributed by atoms with Crippen LogP contribution in [0, 0.1) is 0 Å². The lowest BCUT2D eigenvalue weighted by atomic mass is 10.3. The molecule has 0 spiro atoms. The summed E-state index contributed by atoms with van der Waals surface area (Å²) in [4.78, 5) is 2.54. The highest BCUT2D eigenvalue weighted by molar-refractivity contribution is 6.27. The van der Waals surface area contributed by atoms with Gasteiger partial charge in [0, 0.05) is 63.4 Å². The lowest BCUT2D eigenvalue weighted by Gasteiger charge is -2.28. The molecule has 0 N–H and O–H groups in total. The molecule has 0 fully saturated rings. The summed E-state index contributed by atoms with van der Waals surface area (Å²) in [5.41, 5.74) is 0. The molecule has 206 valence electrons. The fourth-order valence-corrected chi connectivity index (χ4v) is 6.56. The van der Waals surface area contributed by atoms with Crippen molar-refractivity contribution in [2.24, 2.45) is 0 Å². The Morgan fingerprint density at radius 2 is 0.706 bits per heavy atom. The maximum absolute atomic E-state index is 5.85. The van der Waals surface area contributed by atoms with E-state index in [0.29, 0.717) is 0 Å². The van der Waals surface area contributed by atoms with Gasteiger partial charge in [-0.15, -0.1) is 0 Å². The molecule has 0 radical (unpaired) electrons. The maximum atomic E-state index is 5.85. The predicted octanol–water partition coefficient (Wildman–Crippen LogP) is 0.914. The second-order valence-electron chi connectivity index (χ2n) is 8.32. The third-order valence-electron chi connectivity index (χ3n) is 5.92. The number of hydrogen-bond donors (Lipinski definition) is 0. The molecule has 10 nitrogen and oxygen atoms in total. The number of nitrogens with zero attached hydrogens (tertiary/aromatic N) is 1. The minimum Gasteiger partial charge on any atom is -0.376 e. The summed E-state index contributed by atoms with van der Waals surface area (Å²) in [6.45, 7) is 8.58. The molecular weight excluding hydrogens is 494 g/mol. The van der Waals surface area contributed by atoms with E-state index in [1.54, 1.807) is 63.4 Å². The lowest BCUT2D eigenvalue weighted by molar-refractivity contribution is -0.311. The van der Waals surface area contributed by atoms with Crippen molar-refractivity contribution in [1.29, 1.82) is 0 Å². The van der Waals surface area contributed by atoms with Crippen molar-refractivity contribution in [2.45, 2.75) is 76.1 Å². The van der Waals surface area contributed by atoms with E-state index in [9.17, 15) is 0 Å². The quantitative estimate of drug-likeness (QED) is 0.0991. The molecule has 0 aromatic rings. The van der Waals surface area contributed by atoms with Gasteiger partial charge < -0.3 is 46.6 Å². The van der Waals surface area contributed by atoms with Gasteiger partial charge in [-0.2, -0.15) is 0 Å². The van der Waals surface area contributed by atoms with Crippen LogP contribution in [0.25, 0.3) is 0 Å². The first-order chi connectivity index (χ1) is 16.1. The Bertz CT molecular complexity index is 416. The van der Waals surface area contributed by atoms with Gasteiger partial charge in [0.05, 0.1) is 0 Å². The van der Waals surface area contributed by atoms with Crippen molar-refractivity contribution >= 4 is 29.3 Å².